The lowest BCUT2D eigenvalue weighted by atomic mass is 10.1. The molecule has 0 bridgehead atoms. The van der Waals surface area contributed by atoms with Gasteiger partial charge in [-0.15, -0.1) is 0 Å². The van der Waals surface area contributed by atoms with Gasteiger partial charge in [0.1, 0.15) is 6.07 Å². The molecule has 0 aliphatic rings. The SMILES string of the molecule is CC(O)(C(=O)O)C(=O)Nc1cnc(C#N)c(C(F)(F)F)c1. The third-order valence-electron chi connectivity index (χ3n) is 2.42. The summed E-state index contributed by atoms with van der Waals surface area (Å²) in [6.45, 7) is 0.659. The number of alkyl halides is 3. The van der Waals surface area contributed by atoms with Crippen molar-refractivity contribution in [1.29, 1.82) is 5.26 Å². The molecule has 0 saturated heterocycles. The third-order valence-corrected chi connectivity index (χ3v) is 2.42. The van der Waals surface area contributed by atoms with Crippen molar-refractivity contribution in [2.24, 2.45) is 0 Å². The molecule has 0 aromatic carbocycles. The molecule has 7 nitrogen and oxygen atoms in total. The normalized spacial score (nSPS) is 13.9. The maximum absolute atomic E-state index is 12.7. The number of halogens is 3. The number of nitrogens with one attached hydrogen (secondary N) is 1. The second-order valence-electron chi connectivity index (χ2n) is 4.06. The molecule has 1 heterocycles. The molecule has 10 heteroatoms. The van der Waals surface area contributed by atoms with E-state index in [-0.39, 0.29) is 0 Å². The van der Waals surface area contributed by atoms with Crippen LogP contribution >= 0.6 is 0 Å². The molecule has 21 heavy (non-hydrogen) atoms. The molecular formula is C11H8F3N3O4. The average Bonchev–Trinajstić information content (AvgIpc) is 2.37. The monoisotopic (exact) mass is 303 g/mol. The fourth-order valence-corrected chi connectivity index (χ4v) is 1.19. The summed E-state index contributed by atoms with van der Waals surface area (Å²) in [5.74, 6) is -3.33. The lowest BCUT2D eigenvalue weighted by molar-refractivity contribution is -0.161. The molecule has 0 spiro atoms. The molecule has 112 valence electrons. The Morgan fingerprint density at radius 3 is 2.43 bits per heavy atom. The summed E-state index contributed by atoms with van der Waals surface area (Å²) in [5, 5.41) is 28.3. The molecule has 0 aliphatic heterocycles. The van der Waals surface area contributed by atoms with Crippen LogP contribution in [0.15, 0.2) is 12.3 Å². The van der Waals surface area contributed by atoms with Gasteiger partial charge in [-0.05, 0) is 13.0 Å². The van der Waals surface area contributed by atoms with Crippen molar-refractivity contribution >= 4 is 17.6 Å². The molecule has 0 radical (unpaired) electrons. The Hall–Kier alpha value is -2.67. The minimum absolute atomic E-state index is 0.418. The van der Waals surface area contributed by atoms with Gasteiger partial charge in [0, 0.05) is 0 Å². The van der Waals surface area contributed by atoms with Crippen LogP contribution in [0.4, 0.5) is 18.9 Å². The number of carbonyl (C=O) groups excluding carboxylic acids is 1. The van der Waals surface area contributed by atoms with Gasteiger partial charge in [0.25, 0.3) is 5.91 Å². The van der Waals surface area contributed by atoms with Crippen molar-refractivity contribution in [3.05, 3.63) is 23.5 Å². The van der Waals surface area contributed by atoms with Gasteiger partial charge in [-0.3, -0.25) is 4.79 Å². The van der Waals surface area contributed by atoms with Gasteiger partial charge >= 0.3 is 12.1 Å². The molecule has 1 aromatic heterocycles. The number of aliphatic hydroxyl groups is 1. The van der Waals surface area contributed by atoms with Crippen LogP contribution in [0.1, 0.15) is 18.2 Å². The van der Waals surface area contributed by atoms with E-state index < -0.39 is 40.6 Å². The molecule has 1 atom stereocenters. The highest BCUT2D eigenvalue weighted by molar-refractivity contribution is 6.10. The van der Waals surface area contributed by atoms with E-state index >= 15 is 0 Å². The van der Waals surface area contributed by atoms with Gasteiger partial charge in [-0.2, -0.15) is 18.4 Å². The van der Waals surface area contributed by atoms with Crippen LogP contribution in [0.5, 0.6) is 0 Å². The Balaban J connectivity index is 3.16. The predicted octanol–water partition coefficient (Wildman–Crippen LogP) is 0.746. The number of amides is 1. The van der Waals surface area contributed by atoms with Crippen LogP contribution in [-0.4, -0.2) is 32.7 Å². The lowest BCUT2D eigenvalue weighted by Crippen LogP contribution is -2.47. The van der Waals surface area contributed by atoms with Crippen molar-refractivity contribution in [2.45, 2.75) is 18.7 Å². The molecule has 0 fully saturated rings. The van der Waals surface area contributed by atoms with E-state index in [1.165, 1.54) is 6.07 Å². The Morgan fingerprint density at radius 1 is 1.43 bits per heavy atom. The number of hydrogen-bond donors (Lipinski definition) is 3. The summed E-state index contributed by atoms with van der Waals surface area (Å²) in [6.07, 6.45) is -4.14. The van der Waals surface area contributed by atoms with Crippen molar-refractivity contribution in [2.75, 3.05) is 5.32 Å². The van der Waals surface area contributed by atoms with E-state index in [2.05, 4.69) is 4.98 Å². The summed E-state index contributed by atoms with van der Waals surface area (Å²) in [7, 11) is 0. The Bertz CT molecular complexity index is 635. The number of hydrogen-bond acceptors (Lipinski definition) is 5. The van der Waals surface area contributed by atoms with Crippen LogP contribution in [-0.2, 0) is 15.8 Å². The standard InChI is InChI=1S/C11H8F3N3O4/c1-10(21,9(19)20)8(18)17-5-2-6(11(12,13)14)7(3-15)16-4-5/h2,4,21H,1H3,(H,17,18)(H,19,20). The number of aliphatic carboxylic acids is 1. The van der Waals surface area contributed by atoms with Crippen molar-refractivity contribution < 1.29 is 33.0 Å². The maximum Gasteiger partial charge on any atom is 0.419 e. The second kappa shape index (κ2) is 5.37. The molecule has 1 aromatic rings. The largest absolute Gasteiger partial charge is 0.479 e. The van der Waals surface area contributed by atoms with Crippen LogP contribution in [0.2, 0.25) is 0 Å². The highest BCUT2D eigenvalue weighted by Gasteiger charge is 2.40. The number of carbonyl (C=O) groups is 2. The third kappa shape index (κ3) is 3.46. The van der Waals surface area contributed by atoms with E-state index in [1.807, 2.05) is 0 Å². The Morgan fingerprint density at radius 2 is 2.00 bits per heavy atom. The van der Waals surface area contributed by atoms with Crippen molar-refractivity contribution in [3.63, 3.8) is 0 Å². The number of carboxylic acid groups (broad SMARTS) is 1. The quantitative estimate of drug-likeness (QED) is 0.708. The minimum Gasteiger partial charge on any atom is -0.479 e. The van der Waals surface area contributed by atoms with Gasteiger partial charge in [0.05, 0.1) is 17.4 Å². The zero-order valence-corrected chi connectivity index (χ0v) is 10.4. The highest BCUT2D eigenvalue weighted by Crippen LogP contribution is 2.32. The summed E-state index contributed by atoms with van der Waals surface area (Å²) in [4.78, 5) is 25.3. The van der Waals surface area contributed by atoms with Gasteiger partial charge in [0.15, 0.2) is 5.69 Å². The van der Waals surface area contributed by atoms with Crippen molar-refractivity contribution in [1.82, 2.24) is 4.98 Å². The number of pyridine rings is 1. The van der Waals surface area contributed by atoms with Gasteiger partial charge < -0.3 is 15.5 Å². The van der Waals surface area contributed by atoms with E-state index in [1.54, 1.807) is 5.32 Å². The average molecular weight is 303 g/mol. The fraction of sp³-hybridized carbons (Fsp3) is 0.273. The molecular weight excluding hydrogens is 295 g/mol. The zero-order chi connectivity index (χ0) is 16.4. The first-order valence-electron chi connectivity index (χ1n) is 5.24. The van der Waals surface area contributed by atoms with Crippen LogP contribution < -0.4 is 5.32 Å². The molecule has 0 aliphatic carbocycles. The summed E-state index contributed by atoms with van der Waals surface area (Å²) >= 11 is 0. The van der Waals surface area contributed by atoms with E-state index in [0.717, 1.165) is 6.20 Å². The number of aromatic nitrogens is 1. The van der Waals surface area contributed by atoms with Gasteiger partial charge in [0.2, 0.25) is 5.60 Å². The first-order chi connectivity index (χ1) is 9.50. The Kier molecular flexibility index (Phi) is 4.19. The fourth-order valence-electron chi connectivity index (χ4n) is 1.19. The molecule has 1 amide bonds. The van der Waals surface area contributed by atoms with E-state index in [9.17, 15) is 27.9 Å². The smallest absolute Gasteiger partial charge is 0.419 e. The van der Waals surface area contributed by atoms with Gasteiger partial charge in [-0.1, -0.05) is 0 Å². The van der Waals surface area contributed by atoms with Gasteiger partial charge in [-0.25, -0.2) is 9.78 Å². The number of nitriles is 1. The minimum atomic E-state index is -4.88. The summed E-state index contributed by atoms with van der Waals surface area (Å²) < 4.78 is 38.0. The first kappa shape index (κ1) is 16.4. The predicted molar refractivity (Wildman–Crippen MR) is 60.8 cm³/mol. The van der Waals surface area contributed by atoms with E-state index in [0.29, 0.717) is 13.0 Å². The summed E-state index contributed by atoms with van der Waals surface area (Å²) in [6, 6.07) is 1.66. The number of carboxylic acids is 1. The van der Waals surface area contributed by atoms with Crippen molar-refractivity contribution in [3.8, 4) is 6.07 Å². The molecule has 0 saturated carbocycles. The molecule has 1 rings (SSSR count). The topological polar surface area (TPSA) is 123 Å². The Labute approximate surface area is 115 Å². The van der Waals surface area contributed by atoms with Crippen LogP contribution in [0.25, 0.3) is 0 Å². The van der Waals surface area contributed by atoms with Crippen LogP contribution in [0, 0.1) is 11.3 Å². The second-order valence-corrected chi connectivity index (χ2v) is 4.06. The first-order valence-corrected chi connectivity index (χ1v) is 5.24. The summed E-state index contributed by atoms with van der Waals surface area (Å²) in [5.41, 5.74) is -5.62. The highest BCUT2D eigenvalue weighted by atomic mass is 19.4. The zero-order valence-electron chi connectivity index (χ0n) is 10.4. The number of rotatable bonds is 3. The molecule has 1 unspecified atom stereocenters. The number of anilines is 1. The number of nitrogens with zero attached hydrogens (tertiary/aromatic N) is 2. The van der Waals surface area contributed by atoms with E-state index in [4.69, 9.17) is 10.4 Å². The molecule has 3 N–H and O–H groups in total. The maximum atomic E-state index is 12.7. The van der Waals surface area contributed by atoms with Crippen LogP contribution in [0.3, 0.4) is 0 Å². The lowest BCUT2D eigenvalue weighted by Gasteiger charge is -2.17.